The number of hydrogen-bond donors (Lipinski definition) is 4. The largest absolute Gasteiger partial charge is 0.390 e. The van der Waals surface area contributed by atoms with Crippen molar-refractivity contribution in [3.05, 3.63) is 70.8 Å². The summed E-state index contributed by atoms with van der Waals surface area (Å²) in [5, 5.41) is 40.3. The lowest BCUT2D eigenvalue weighted by atomic mass is 9.93. The van der Waals surface area contributed by atoms with Crippen molar-refractivity contribution in [3.8, 4) is 0 Å². The summed E-state index contributed by atoms with van der Waals surface area (Å²) in [5.74, 6) is -2.65. The summed E-state index contributed by atoms with van der Waals surface area (Å²) < 4.78 is 0. The number of aryl methyl sites for hydroxylation is 2. The van der Waals surface area contributed by atoms with E-state index < -0.39 is 36.0 Å². The van der Waals surface area contributed by atoms with Crippen molar-refractivity contribution in [3.63, 3.8) is 0 Å². The van der Waals surface area contributed by atoms with E-state index in [1.54, 1.807) is 24.3 Å². The average molecular weight is 386 g/mol. The molecule has 2 aromatic rings. The van der Waals surface area contributed by atoms with E-state index in [9.17, 15) is 30.0 Å². The van der Waals surface area contributed by atoms with Crippen LogP contribution in [0.1, 0.15) is 22.3 Å². The third-order valence-corrected chi connectivity index (χ3v) is 4.76. The maximum absolute atomic E-state index is 12.2. The number of Topliss-reactive ketones (excluding diaryl/α,β-unsaturated/α-hetero) is 2. The van der Waals surface area contributed by atoms with Crippen molar-refractivity contribution in [1.29, 1.82) is 0 Å². The molecule has 0 radical (unpaired) electrons. The van der Waals surface area contributed by atoms with Gasteiger partial charge in [-0.25, -0.2) is 0 Å². The molecule has 0 saturated heterocycles. The minimum Gasteiger partial charge on any atom is -0.390 e. The summed E-state index contributed by atoms with van der Waals surface area (Å²) in [6.07, 6.45) is -7.00. The molecular weight excluding hydrogens is 360 g/mol. The molecule has 6 nitrogen and oxygen atoms in total. The summed E-state index contributed by atoms with van der Waals surface area (Å²) in [5.41, 5.74) is 3.32. The van der Waals surface area contributed by atoms with Gasteiger partial charge >= 0.3 is 0 Å². The Labute approximate surface area is 164 Å². The van der Waals surface area contributed by atoms with Crippen LogP contribution in [0.5, 0.6) is 0 Å². The van der Waals surface area contributed by atoms with Crippen molar-refractivity contribution >= 4 is 11.6 Å². The van der Waals surface area contributed by atoms with Crippen LogP contribution in [-0.2, 0) is 22.4 Å². The van der Waals surface area contributed by atoms with Crippen LogP contribution in [0.2, 0.25) is 0 Å². The number of carbonyl (C=O) groups excluding carboxylic acids is 2. The summed E-state index contributed by atoms with van der Waals surface area (Å²) in [4.78, 5) is 24.3. The lowest BCUT2D eigenvalue weighted by molar-refractivity contribution is -0.152. The SMILES string of the molecule is Cc1ccc(CC(O)[C@H](O)C(=O)C(=O)[C@H](O)C(O)Cc2ccccc2C)cc1. The van der Waals surface area contributed by atoms with Gasteiger partial charge in [0.1, 0.15) is 12.2 Å². The van der Waals surface area contributed by atoms with Crippen LogP contribution in [0.25, 0.3) is 0 Å². The monoisotopic (exact) mass is 386 g/mol. The molecule has 28 heavy (non-hydrogen) atoms. The predicted molar refractivity (Wildman–Crippen MR) is 104 cm³/mol. The van der Waals surface area contributed by atoms with Crippen LogP contribution in [-0.4, -0.2) is 56.4 Å². The van der Waals surface area contributed by atoms with Gasteiger partial charge in [0.2, 0.25) is 11.6 Å². The highest BCUT2D eigenvalue weighted by atomic mass is 16.3. The summed E-state index contributed by atoms with van der Waals surface area (Å²) in [6.45, 7) is 3.73. The first-order valence-electron chi connectivity index (χ1n) is 9.11. The molecule has 0 fully saturated rings. The van der Waals surface area contributed by atoms with Crippen molar-refractivity contribution in [2.24, 2.45) is 0 Å². The molecule has 0 aromatic heterocycles. The number of aliphatic hydroxyl groups is 4. The van der Waals surface area contributed by atoms with Crippen molar-refractivity contribution in [1.82, 2.24) is 0 Å². The zero-order chi connectivity index (χ0) is 20.8. The number of carbonyl (C=O) groups is 2. The number of hydrogen-bond acceptors (Lipinski definition) is 6. The van der Waals surface area contributed by atoms with Gasteiger partial charge in [0.05, 0.1) is 12.2 Å². The third kappa shape index (κ3) is 5.56. The van der Waals surface area contributed by atoms with Crippen molar-refractivity contribution < 1.29 is 30.0 Å². The molecule has 4 N–H and O–H groups in total. The Hall–Kier alpha value is -2.38. The van der Waals surface area contributed by atoms with Crippen LogP contribution in [0.3, 0.4) is 0 Å². The van der Waals surface area contributed by atoms with E-state index in [0.717, 1.165) is 16.7 Å². The molecule has 0 aliphatic rings. The Morgan fingerprint density at radius 3 is 1.79 bits per heavy atom. The predicted octanol–water partition coefficient (Wildman–Crippen LogP) is 0.670. The number of ketones is 2. The van der Waals surface area contributed by atoms with Crippen molar-refractivity contribution in [2.75, 3.05) is 0 Å². The van der Waals surface area contributed by atoms with Crippen LogP contribution in [0, 0.1) is 13.8 Å². The van der Waals surface area contributed by atoms with Crippen molar-refractivity contribution in [2.45, 2.75) is 51.1 Å². The van der Waals surface area contributed by atoms with Gasteiger partial charge in [-0.3, -0.25) is 9.59 Å². The lowest BCUT2D eigenvalue weighted by Crippen LogP contribution is -2.47. The Kier molecular flexibility index (Phi) is 7.60. The molecule has 150 valence electrons. The second-order valence-corrected chi connectivity index (χ2v) is 7.07. The number of benzene rings is 2. The van der Waals surface area contributed by atoms with E-state index in [0.29, 0.717) is 5.56 Å². The highest BCUT2D eigenvalue weighted by molar-refractivity contribution is 6.40. The lowest BCUT2D eigenvalue weighted by Gasteiger charge is -2.20. The fourth-order valence-corrected chi connectivity index (χ4v) is 2.89. The van der Waals surface area contributed by atoms with Crippen LogP contribution >= 0.6 is 0 Å². The first-order valence-corrected chi connectivity index (χ1v) is 9.11. The van der Waals surface area contributed by atoms with Gasteiger partial charge in [-0.05, 0) is 30.5 Å². The first-order chi connectivity index (χ1) is 13.2. The summed E-state index contributed by atoms with van der Waals surface area (Å²) in [7, 11) is 0. The van der Waals surface area contributed by atoms with Crippen LogP contribution in [0.15, 0.2) is 48.5 Å². The molecule has 0 spiro atoms. The Morgan fingerprint density at radius 2 is 1.25 bits per heavy atom. The Bertz CT molecular complexity index is 814. The Morgan fingerprint density at radius 1 is 0.750 bits per heavy atom. The third-order valence-electron chi connectivity index (χ3n) is 4.76. The fraction of sp³-hybridized carbons (Fsp3) is 0.364. The van der Waals surface area contributed by atoms with E-state index >= 15 is 0 Å². The van der Waals surface area contributed by atoms with Gasteiger partial charge in [-0.2, -0.15) is 0 Å². The minimum atomic E-state index is -1.98. The quantitative estimate of drug-likeness (QED) is 0.471. The molecule has 0 aliphatic heterocycles. The molecule has 0 amide bonds. The number of aliphatic hydroxyl groups excluding tert-OH is 4. The smallest absolute Gasteiger partial charge is 0.232 e. The molecule has 0 aliphatic carbocycles. The highest BCUT2D eigenvalue weighted by Gasteiger charge is 2.36. The van der Waals surface area contributed by atoms with E-state index in [1.165, 1.54) is 0 Å². The number of rotatable bonds is 9. The molecule has 4 atom stereocenters. The minimum absolute atomic E-state index is 0.0190. The van der Waals surface area contributed by atoms with E-state index in [-0.39, 0.29) is 12.8 Å². The second kappa shape index (κ2) is 9.71. The van der Waals surface area contributed by atoms with Gasteiger partial charge in [-0.1, -0.05) is 54.1 Å². The highest BCUT2D eigenvalue weighted by Crippen LogP contribution is 2.14. The van der Waals surface area contributed by atoms with Gasteiger partial charge in [0, 0.05) is 12.8 Å². The Balaban J connectivity index is 1.98. The van der Waals surface area contributed by atoms with Crippen LogP contribution in [0.4, 0.5) is 0 Å². The molecule has 2 aromatic carbocycles. The fourth-order valence-electron chi connectivity index (χ4n) is 2.89. The zero-order valence-electron chi connectivity index (χ0n) is 15.9. The standard InChI is InChI=1S/C22H26O6/c1-13-7-9-15(10-8-13)11-17(23)19(25)21(27)22(28)20(26)18(24)12-16-6-4-3-5-14(16)2/h3-10,17-20,23-26H,11-12H2,1-2H3/t17?,18?,19-,20+/m0/s1. The molecule has 0 saturated carbocycles. The van der Waals surface area contributed by atoms with Gasteiger partial charge in [0.25, 0.3) is 0 Å². The molecule has 0 bridgehead atoms. The zero-order valence-corrected chi connectivity index (χ0v) is 15.9. The first kappa shape index (κ1) is 21.9. The van der Waals surface area contributed by atoms with Gasteiger partial charge in [0.15, 0.2) is 0 Å². The summed E-state index contributed by atoms with van der Waals surface area (Å²) in [6, 6.07) is 14.3. The summed E-state index contributed by atoms with van der Waals surface area (Å²) >= 11 is 0. The van der Waals surface area contributed by atoms with Gasteiger partial charge < -0.3 is 20.4 Å². The molecular formula is C22H26O6. The maximum atomic E-state index is 12.2. The molecule has 0 heterocycles. The average Bonchev–Trinajstić information content (AvgIpc) is 2.69. The topological polar surface area (TPSA) is 115 Å². The van der Waals surface area contributed by atoms with E-state index in [2.05, 4.69) is 0 Å². The molecule has 2 rings (SSSR count). The molecule has 2 unspecified atom stereocenters. The maximum Gasteiger partial charge on any atom is 0.232 e. The van der Waals surface area contributed by atoms with E-state index in [4.69, 9.17) is 0 Å². The van der Waals surface area contributed by atoms with Crippen LogP contribution < -0.4 is 0 Å². The van der Waals surface area contributed by atoms with Gasteiger partial charge in [-0.15, -0.1) is 0 Å². The second-order valence-electron chi connectivity index (χ2n) is 7.07. The molecule has 6 heteroatoms. The normalized spacial score (nSPS) is 15.5. The van der Waals surface area contributed by atoms with E-state index in [1.807, 2.05) is 38.1 Å².